The second-order valence-corrected chi connectivity index (χ2v) is 10.2. The maximum absolute atomic E-state index is 15.4. The van der Waals surface area contributed by atoms with Crippen molar-refractivity contribution in [1.29, 1.82) is 0 Å². The van der Waals surface area contributed by atoms with Crippen LogP contribution in [-0.2, 0) is 4.74 Å². The van der Waals surface area contributed by atoms with Gasteiger partial charge < -0.3 is 25.5 Å². The molecule has 2 aliphatic rings. The first-order chi connectivity index (χ1) is 15.9. The maximum Gasteiger partial charge on any atom is 0.407 e. The number of ether oxygens (including phenoxy) is 2. The zero-order valence-corrected chi connectivity index (χ0v) is 20.2. The number of halogens is 1. The summed E-state index contributed by atoms with van der Waals surface area (Å²) < 4.78 is 28.3. The van der Waals surface area contributed by atoms with Crippen LogP contribution >= 0.6 is 0 Å². The van der Waals surface area contributed by atoms with Gasteiger partial charge in [-0.25, -0.2) is 14.0 Å². The Bertz CT molecular complexity index is 1240. The fourth-order valence-electron chi connectivity index (χ4n) is 4.61. The van der Waals surface area contributed by atoms with Gasteiger partial charge in [-0.05, 0) is 51.5 Å². The van der Waals surface area contributed by atoms with Crippen LogP contribution < -0.4 is 32.0 Å². The molecule has 1 aromatic heterocycles. The molecule has 1 aromatic carbocycles. The molecule has 1 amide bonds. The number of carbonyl (C=O) groups is 1. The molecule has 2 unspecified atom stereocenters. The smallest absolute Gasteiger partial charge is 0.407 e. The molecule has 1 aliphatic carbocycles. The molecule has 11 heteroatoms. The predicted molar refractivity (Wildman–Crippen MR) is 127 cm³/mol. The van der Waals surface area contributed by atoms with Crippen LogP contribution in [0.15, 0.2) is 15.7 Å². The third-order valence-electron chi connectivity index (χ3n) is 6.39. The van der Waals surface area contributed by atoms with Gasteiger partial charge in [-0.3, -0.25) is 9.36 Å². The molecule has 1 saturated carbocycles. The van der Waals surface area contributed by atoms with Crippen LogP contribution in [0, 0.1) is 17.7 Å². The fraction of sp³-hybridized carbons (Fsp3) is 0.609. The van der Waals surface area contributed by atoms with E-state index in [0.717, 1.165) is 18.9 Å². The van der Waals surface area contributed by atoms with Crippen molar-refractivity contribution in [2.75, 3.05) is 37.5 Å². The van der Waals surface area contributed by atoms with E-state index in [1.807, 2.05) is 11.8 Å². The summed E-state index contributed by atoms with van der Waals surface area (Å²) >= 11 is 0. The standard InChI is InChI=1S/C23H32FN5O5/c1-12-10-27(11-13(12)9-26-21(31)34-23(2,3)4)18-16(24)8-15-17(19(18)33-5)28(14-6-7-14)22(32)29(25)20(15)30/h8,12-14H,6-7,9-11,25H2,1-5H3,(H,26,31). The van der Waals surface area contributed by atoms with Crippen LogP contribution in [-0.4, -0.2) is 47.7 Å². The Labute approximate surface area is 196 Å². The van der Waals surface area contributed by atoms with E-state index in [2.05, 4.69) is 5.32 Å². The summed E-state index contributed by atoms with van der Waals surface area (Å²) in [6.45, 7) is 8.75. The zero-order chi connectivity index (χ0) is 24.9. The minimum atomic E-state index is -0.769. The number of fused-ring (bicyclic) bond motifs is 1. The van der Waals surface area contributed by atoms with Gasteiger partial charge in [-0.1, -0.05) is 6.92 Å². The quantitative estimate of drug-likeness (QED) is 0.632. The molecule has 1 saturated heterocycles. The van der Waals surface area contributed by atoms with Crippen molar-refractivity contribution < 1.29 is 18.7 Å². The van der Waals surface area contributed by atoms with E-state index in [4.69, 9.17) is 15.3 Å². The number of alkyl carbamates (subject to hydrolysis) is 1. The van der Waals surface area contributed by atoms with Gasteiger partial charge >= 0.3 is 11.8 Å². The molecule has 186 valence electrons. The number of amides is 1. The highest BCUT2D eigenvalue weighted by Crippen LogP contribution is 2.43. The number of benzene rings is 1. The lowest BCUT2D eigenvalue weighted by Crippen LogP contribution is -2.44. The van der Waals surface area contributed by atoms with Crippen LogP contribution in [0.4, 0.5) is 14.9 Å². The normalized spacial score (nSPS) is 20.6. The number of hydrogen-bond donors (Lipinski definition) is 2. The molecule has 4 rings (SSSR count). The van der Waals surface area contributed by atoms with Gasteiger partial charge in [0.15, 0.2) is 11.6 Å². The summed E-state index contributed by atoms with van der Waals surface area (Å²) in [5, 5.41) is 2.80. The molecule has 0 radical (unpaired) electrons. The summed E-state index contributed by atoms with van der Waals surface area (Å²) in [4.78, 5) is 39.4. The molecule has 34 heavy (non-hydrogen) atoms. The molecule has 2 atom stereocenters. The molecule has 0 spiro atoms. The summed E-state index contributed by atoms with van der Waals surface area (Å²) in [6.07, 6.45) is 1.03. The first-order valence-corrected chi connectivity index (χ1v) is 11.5. The lowest BCUT2D eigenvalue weighted by atomic mass is 9.98. The average Bonchev–Trinajstić information content (AvgIpc) is 3.51. The first-order valence-electron chi connectivity index (χ1n) is 11.5. The van der Waals surface area contributed by atoms with Crippen molar-refractivity contribution >= 4 is 22.7 Å². The van der Waals surface area contributed by atoms with Crippen molar-refractivity contribution in [3.63, 3.8) is 0 Å². The Hall–Kier alpha value is -3.24. The topological polar surface area (TPSA) is 121 Å². The molecule has 1 aliphatic heterocycles. The van der Waals surface area contributed by atoms with E-state index in [1.165, 1.54) is 11.7 Å². The van der Waals surface area contributed by atoms with Crippen LogP contribution in [0.2, 0.25) is 0 Å². The van der Waals surface area contributed by atoms with Crippen LogP contribution in [0.5, 0.6) is 5.75 Å². The Morgan fingerprint density at radius 3 is 2.53 bits per heavy atom. The highest BCUT2D eigenvalue weighted by molar-refractivity contribution is 5.91. The monoisotopic (exact) mass is 477 g/mol. The SMILES string of the molecule is COc1c(N2CC(C)C(CNC(=O)OC(C)(C)C)C2)c(F)cc2c(=O)n(N)c(=O)n(C3CC3)c12. The van der Waals surface area contributed by atoms with Gasteiger partial charge in [0.25, 0.3) is 5.56 Å². The van der Waals surface area contributed by atoms with E-state index in [1.54, 1.807) is 20.8 Å². The number of rotatable bonds is 5. The third kappa shape index (κ3) is 4.30. The van der Waals surface area contributed by atoms with Crippen LogP contribution in [0.3, 0.4) is 0 Å². The number of aromatic nitrogens is 2. The molecule has 3 N–H and O–H groups in total. The van der Waals surface area contributed by atoms with Gasteiger partial charge in [0, 0.05) is 25.7 Å². The molecule has 10 nitrogen and oxygen atoms in total. The van der Waals surface area contributed by atoms with Gasteiger partial charge in [0.05, 0.1) is 12.5 Å². The number of hydrogen-bond acceptors (Lipinski definition) is 7. The number of methoxy groups -OCH3 is 1. The fourth-order valence-corrected chi connectivity index (χ4v) is 4.61. The predicted octanol–water partition coefficient (Wildman–Crippen LogP) is 1.96. The van der Waals surface area contributed by atoms with Gasteiger partial charge in [0.2, 0.25) is 0 Å². The number of anilines is 1. The third-order valence-corrected chi connectivity index (χ3v) is 6.39. The highest BCUT2D eigenvalue weighted by Gasteiger charge is 2.36. The zero-order valence-electron chi connectivity index (χ0n) is 20.2. The largest absolute Gasteiger partial charge is 0.492 e. The van der Waals surface area contributed by atoms with E-state index in [-0.39, 0.29) is 40.2 Å². The first kappa shape index (κ1) is 23.9. The number of nitrogens with zero attached hydrogens (tertiary/aromatic N) is 3. The van der Waals surface area contributed by atoms with Crippen LogP contribution in [0.1, 0.15) is 46.6 Å². The number of nitrogens with one attached hydrogen (secondary N) is 1. The Balaban J connectivity index is 1.70. The van der Waals surface area contributed by atoms with Crippen molar-refractivity contribution in [2.45, 2.75) is 52.2 Å². The maximum atomic E-state index is 15.4. The average molecular weight is 478 g/mol. The van der Waals surface area contributed by atoms with Crippen molar-refractivity contribution in [3.05, 3.63) is 32.7 Å². The minimum absolute atomic E-state index is 0.00230. The molecule has 0 bridgehead atoms. The minimum Gasteiger partial charge on any atom is -0.492 e. The van der Waals surface area contributed by atoms with E-state index in [0.29, 0.717) is 24.3 Å². The number of nitrogens with two attached hydrogens (primary N) is 1. The van der Waals surface area contributed by atoms with E-state index in [9.17, 15) is 14.4 Å². The summed E-state index contributed by atoms with van der Waals surface area (Å²) in [7, 11) is 1.40. The summed E-state index contributed by atoms with van der Waals surface area (Å²) in [6, 6.07) is 1.02. The van der Waals surface area contributed by atoms with Gasteiger partial charge in [0.1, 0.15) is 16.8 Å². The second-order valence-electron chi connectivity index (χ2n) is 10.2. The van der Waals surface area contributed by atoms with Crippen molar-refractivity contribution in [3.8, 4) is 5.75 Å². The molecular formula is C23H32FN5O5. The second kappa shape index (κ2) is 8.52. The van der Waals surface area contributed by atoms with E-state index < -0.39 is 28.8 Å². The summed E-state index contributed by atoms with van der Waals surface area (Å²) in [5.41, 5.74) is -1.55. The molecule has 2 heterocycles. The Kier molecular flexibility index (Phi) is 5.99. The van der Waals surface area contributed by atoms with E-state index >= 15 is 4.39 Å². The van der Waals surface area contributed by atoms with Crippen LogP contribution in [0.25, 0.3) is 10.9 Å². The Morgan fingerprint density at radius 2 is 1.94 bits per heavy atom. The summed E-state index contributed by atoms with van der Waals surface area (Å²) in [5.74, 6) is 5.39. The molecule has 2 aromatic rings. The Morgan fingerprint density at radius 1 is 1.26 bits per heavy atom. The van der Waals surface area contributed by atoms with Crippen molar-refractivity contribution in [1.82, 2.24) is 14.6 Å². The number of nitrogen functional groups attached to an aromatic ring is 1. The molecule has 2 fully saturated rings. The van der Waals surface area contributed by atoms with Gasteiger partial charge in [-0.2, -0.15) is 4.68 Å². The van der Waals surface area contributed by atoms with Gasteiger partial charge in [-0.15, -0.1) is 0 Å². The lowest BCUT2D eigenvalue weighted by molar-refractivity contribution is 0.0518. The lowest BCUT2D eigenvalue weighted by Gasteiger charge is -2.24. The van der Waals surface area contributed by atoms with Crippen molar-refractivity contribution in [2.24, 2.45) is 11.8 Å². The number of carbonyl (C=O) groups excluding carboxylic acids is 1. The highest BCUT2D eigenvalue weighted by atomic mass is 19.1. The molecular weight excluding hydrogens is 445 g/mol.